The largest absolute Gasteiger partial charge is 0.477 e. The lowest BCUT2D eigenvalue weighted by Gasteiger charge is -2.23. The summed E-state index contributed by atoms with van der Waals surface area (Å²) in [5.41, 5.74) is -1.33. The molecule has 0 aliphatic rings. The number of aliphatic hydroxyl groups is 1. The van der Waals surface area contributed by atoms with Crippen LogP contribution in [0.25, 0.3) is 0 Å². The Bertz CT molecular complexity index is 513. The molecule has 20 heavy (non-hydrogen) atoms. The highest BCUT2D eigenvalue weighted by Crippen LogP contribution is 2.23. The Morgan fingerprint density at radius 3 is 2.65 bits per heavy atom. The van der Waals surface area contributed by atoms with Crippen LogP contribution in [0.15, 0.2) is 18.2 Å². The van der Waals surface area contributed by atoms with E-state index in [9.17, 15) is 20.0 Å². The van der Waals surface area contributed by atoms with Crippen molar-refractivity contribution in [2.45, 2.75) is 32.3 Å². The van der Waals surface area contributed by atoms with Gasteiger partial charge in [-0.2, -0.15) is 0 Å². The number of nitrogens with zero attached hydrogens (tertiary/aromatic N) is 1. The van der Waals surface area contributed by atoms with Gasteiger partial charge in [0.05, 0.1) is 10.5 Å². The minimum absolute atomic E-state index is 0.234. The van der Waals surface area contributed by atoms with E-state index in [1.807, 2.05) is 6.92 Å². The number of hydrogen-bond acceptors (Lipinski definition) is 5. The molecule has 0 spiro atoms. The second-order valence-electron chi connectivity index (χ2n) is 4.89. The van der Waals surface area contributed by atoms with Crippen LogP contribution in [-0.4, -0.2) is 33.3 Å². The summed E-state index contributed by atoms with van der Waals surface area (Å²) in [7, 11) is 0. The fraction of sp³-hybridized carbons (Fsp3) is 0.462. The summed E-state index contributed by atoms with van der Waals surface area (Å²) in [6, 6.07) is 3.76. The lowest BCUT2D eigenvalue weighted by atomic mass is 10.0. The van der Waals surface area contributed by atoms with Crippen molar-refractivity contribution < 1.29 is 19.9 Å². The van der Waals surface area contributed by atoms with E-state index in [-0.39, 0.29) is 12.1 Å². The molecule has 1 rings (SSSR count). The second-order valence-corrected chi connectivity index (χ2v) is 4.89. The first-order valence-corrected chi connectivity index (χ1v) is 6.25. The van der Waals surface area contributed by atoms with E-state index in [0.29, 0.717) is 12.1 Å². The Balaban J connectivity index is 2.91. The summed E-state index contributed by atoms with van der Waals surface area (Å²) >= 11 is 0. The lowest BCUT2D eigenvalue weighted by molar-refractivity contribution is -0.385. The Hall–Kier alpha value is -2.15. The van der Waals surface area contributed by atoms with E-state index in [4.69, 9.17) is 5.11 Å². The number of anilines is 1. The molecule has 1 aromatic rings. The fourth-order valence-electron chi connectivity index (χ4n) is 1.90. The standard InChI is InChI=1S/C13H18N2O5/c1-3-6-13(2,18)8-14-9-4-5-11(15(19)20)10(7-9)12(16)17/h4-5,7,14,18H,3,6,8H2,1-2H3,(H,16,17). The topological polar surface area (TPSA) is 113 Å². The van der Waals surface area contributed by atoms with Crippen LogP contribution in [0, 0.1) is 10.1 Å². The Morgan fingerprint density at radius 1 is 1.50 bits per heavy atom. The number of carboxylic acid groups (broad SMARTS) is 1. The van der Waals surface area contributed by atoms with E-state index in [2.05, 4.69) is 5.32 Å². The van der Waals surface area contributed by atoms with Gasteiger partial charge in [0.1, 0.15) is 5.56 Å². The first-order valence-electron chi connectivity index (χ1n) is 6.25. The van der Waals surface area contributed by atoms with Gasteiger partial charge in [0.2, 0.25) is 0 Å². The van der Waals surface area contributed by atoms with Crippen molar-refractivity contribution in [2.75, 3.05) is 11.9 Å². The van der Waals surface area contributed by atoms with Crippen LogP contribution in [-0.2, 0) is 0 Å². The predicted molar refractivity (Wildman–Crippen MR) is 74.1 cm³/mol. The van der Waals surface area contributed by atoms with Gasteiger partial charge in [-0.15, -0.1) is 0 Å². The molecule has 1 unspecified atom stereocenters. The minimum Gasteiger partial charge on any atom is -0.477 e. The third-order valence-corrected chi connectivity index (χ3v) is 2.89. The fourth-order valence-corrected chi connectivity index (χ4v) is 1.90. The summed E-state index contributed by atoms with van der Waals surface area (Å²) in [4.78, 5) is 21.0. The maximum absolute atomic E-state index is 11.0. The van der Waals surface area contributed by atoms with Gasteiger partial charge in [0.15, 0.2) is 0 Å². The summed E-state index contributed by atoms with van der Waals surface area (Å²) in [6.45, 7) is 3.85. The van der Waals surface area contributed by atoms with Gasteiger partial charge in [-0.1, -0.05) is 13.3 Å². The van der Waals surface area contributed by atoms with Crippen LogP contribution in [0.5, 0.6) is 0 Å². The maximum Gasteiger partial charge on any atom is 0.342 e. The molecule has 0 aromatic heterocycles. The third kappa shape index (κ3) is 4.20. The Morgan fingerprint density at radius 2 is 2.15 bits per heavy atom. The molecular weight excluding hydrogens is 264 g/mol. The number of carbonyl (C=O) groups is 1. The van der Waals surface area contributed by atoms with Gasteiger partial charge < -0.3 is 15.5 Å². The molecule has 0 fully saturated rings. The molecule has 7 nitrogen and oxygen atoms in total. The number of nitro benzene ring substituents is 1. The number of benzene rings is 1. The summed E-state index contributed by atoms with van der Waals surface area (Å²) < 4.78 is 0. The molecule has 1 aromatic carbocycles. The molecule has 0 bridgehead atoms. The van der Waals surface area contributed by atoms with E-state index >= 15 is 0 Å². The van der Waals surface area contributed by atoms with Crippen LogP contribution in [0.2, 0.25) is 0 Å². The van der Waals surface area contributed by atoms with Crippen LogP contribution in [0.4, 0.5) is 11.4 Å². The number of nitro groups is 1. The van der Waals surface area contributed by atoms with Gasteiger partial charge in [-0.05, 0) is 25.5 Å². The normalized spacial score (nSPS) is 13.6. The smallest absolute Gasteiger partial charge is 0.342 e. The summed E-state index contributed by atoms with van der Waals surface area (Å²) in [5.74, 6) is -1.36. The van der Waals surface area contributed by atoms with Crippen LogP contribution < -0.4 is 5.32 Å². The molecule has 3 N–H and O–H groups in total. The molecule has 0 aliphatic carbocycles. The number of nitrogens with one attached hydrogen (secondary N) is 1. The molecule has 0 radical (unpaired) electrons. The number of rotatable bonds is 7. The van der Waals surface area contributed by atoms with Crippen molar-refractivity contribution in [2.24, 2.45) is 0 Å². The van der Waals surface area contributed by atoms with Gasteiger partial charge in [0.25, 0.3) is 5.69 Å². The van der Waals surface area contributed by atoms with Crippen molar-refractivity contribution in [1.82, 2.24) is 0 Å². The monoisotopic (exact) mass is 282 g/mol. The predicted octanol–water partition coefficient (Wildman–Crippen LogP) is 2.26. The van der Waals surface area contributed by atoms with Gasteiger partial charge in [-0.25, -0.2) is 4.79 Å². The average Bonchev–Trinajstić information content (AvgIpc) is 2.35. The highest BCUT2D eigenvalue weighted by molar-refractivity contribution is 5.93. The van der Waals surface area contributed by atoms with Crippen molar-refractivity contribution in [3.05, 3.63) is 33.9 Å². The first kappa shape index (κ1) is 15.9. The van der Waals surface area contributed by atoms with E-state index in [1.165, 1.54) is 12.1 Å². The van der Waals surface area contributed by atoms with Crippen molar-refractivity contribution in [3.63, 3.8) is 0 Å². The Labute approximate surface area is 116 Å². The van der Waals surface area contributed by atoms with Crippen LogP contribution >= 0.6 is 0 Å². The molecule has 110 valence electrons. The molecule has 0 amide bonds. The minimum atomic E-state index is -1.36. The molecule has 0 saturated carbocycles. The summed E-state index contributed by atoms with van der Waals surface area (Å²) in [6.07, 6.45) is 1.41. The average molecular weight is 282 g/mol. The van der Waals surface area contributed by atoms with Gasteiger partial charge in [0, 0.05) is 18.3 Å². The molecular formula is C13H18N2O5. The highest BCUT2D eigenvalue weighted by Gasteiger charge is 2.22. The molecule has 0 aliphatic heterocycles. The first-order chi connectivity index (χ1) is 9.26. The zero-order valence-corrected chi connectivity index (χ0v) is 11.4. The lowest BCUT2D eigenvalue weighted by Crippen LogP contribution is -2.33. The van der Waals surface area contributed by atoms with E-state index in [1.54, 1.807) is 6.92 Å². The van der Waals surface area contributed by atoms with Crippen LogP contribution in [0.3, 0.4) is 0 Å². The van der Waals surface area contributed by atoms with Gasteiger partial charge in [-0.3, -0.25) is 10.1 Å². The third-order valence-electron chi connectivity index (χ3n) is 2.89. The van der Waals surface area contributed by atoms with Crippen molar-refractivity contribution in [3.8, 4) is 0 Å². The summed E-state index contributed by atoms with van der Waals surface area (Å²) in [5, 5.41) is 32.6. The quantitative estimate of drug-likeness (QED) is 0.522. The molecule has 0 saturated heterocycles. The number of aromatic carboxylic acids is 1. The number of carboxylic acids is 1. The SMILES string of the molecule is CCCC(C)(O)CNc1ccc([N+](=O)[O-])c(C(=O)O)c1. The van der Waals surface area contributed by atoms with Crippen molar-refractivity contribution >= 4 is 17.3 Å². The zero-order valence-electron chi connectivity index (χ0n) is 11.4. The van der Waals surface area contributed by atoms with Crippen molar-refractivity contribution in [1.29, 1.82) is 0 Å². The molecule has 7 heteroatoms. The van der Waals surface area contributed by atoms with Crippen LogP contribution in [0.1, 0.15) is 37.0 Å². The zero-order chi connectivity index (χ0) is 15.3. The number of hydrogen-bond donors (Lipinski definition) is 3. The molecule has 1 atom stereocenters. The maximum atomic E-state index is 11.0. The molecule has 0 heterocycles. The highest BCUT2D eigenvalue weighted by atomic mass is 16.6. The van der Waals surface area contributed by atoms with E-state index in [0.717, 1.165) is 12.5 Å². The second kappa shape index (κ2) is 6.33. The van der Waals surface area contributed by atoms with E-state index < -0.39 is 22.2 Å². The Kier molecular flexibility index (Phi) is 5.04. The van der Waals surface area contributed by atoms with Gasteiger partial charge >= 0.3 is 5.97 Å².